The van der Waals surface area contributed by atoms with Gasteiger partial charge in [0.05, 0.1) is 35.5 Å². The maximum Gasteiger partial charge on any atom is 0.451 e. The van der Waals surface area contributed by atoms with Crippen LogP contribution in [0.15, 0.2) is 49.1 Å². The van der Waals surface area contributed by atoms with Crippen molar-refractivity contribution < 1.29 is 18.0 Å². The summed E-state index contributed by atoms with van der Waals surface area (Å²) in [7, 11) is 0. The summed E-state index contributed by atoms with van der Waals surface area (Å²) in [5.41, 5.74) is 3.63. The molecule has 1 aromatic carbocycles. The molecule has 0 spiro atoms. The van der Waals surface area contributed by atoms with Crippen LogP contribution in [0.2, 0.25) is 0 Å². The van der Waals surface area contributed by atoms with E-state index in [-0.39, 0.29) is 11.4 Å². The fraction of sp³-hybridized carbons (Fsp3) is 0.261. The molecule has 0 radical (unpaired) electrons. The number of benzene rings is 1. The number of amides is 1. The molecule has 1 amide bonds. The van der Waals surface area contributed by atoms with Crippen LogP contribution in [0.1, 0.15) is 35.6 Å². The normalized spacial score (nSPS) is 14.4. The second-order valence-electron chi connectivity index (χ2n) is 8.06. The molecule has 34 heavy (non-hydrogen) atoms. The smallest absolute Gasteiger partial charge is 0.370 e. The van der Waals surface area contributed by atoms with Crippen LogP contribution in [0.5, 0.6) is 0 Å². The van der Waals surface area contributed by atoms with E-state index in [2.05, 4.69) is 41.4 Å². The first-order chi connectivity index (χ1) is 16.4. The maximum absolute atomic E-state index is 12.8. The van der Waals surface area contributed by atoms with Crippen molar-refractivity contribution in [3.8, 4) is 11.1 Å². The highest BCUT2D eigenvalue weighted by molar-refractivity contribution is 6.11. The van der Waals surface area contributed by atoms with Crippen molar-refractivity contribution in [1.82, 2.24) is 25.1 Å². The molecular formula is C23H20F3N7O. The summed E-state index contributed by atoms with van der Waals surface area (Å²) in [6.45, 7) is 2.01. The average molecular weight is 467 g/mol. The van der Waals surface area contributed by atoms with E-state index in [1.54, 1.807) is 6.20 Å². The summed E-state index contributed by atoms with van der Waals surface area (Å²) < 4.78 is 38.0. The van der Waals surface area contributed by atoms with Gasteiger partial charge in [-0.3, -0.25) is 14.9 Å². The van der Waals surface area contributed by atoms with Gasteiger partial charge in [0, 0.05) is 30.2 Å². The minimum Gasteiger partial charge on any atom is -0.370 e. The first-order valence-electron chi connectivity index (χ1n) is 10.8. The van der Waals surface area contributed by atoms with E-state index in [0.717, 1.165) is 55.1 Å². The van der Waals surface area contributed by atoms with E-state index in [9.17, 15) is 18.0 Å². The van der Waals surface area contributed by atoms with E-state index < -0.39 is 17.9 Å². The van der Waals surface area contributed by atoms with Gasteiger partial charge in [-0.2, -0.15) is 18.3 Å². The minimum absolute atomic E-state index is 0.0312. The summed E-state index contributed by atoms with van der Waals surface area (Å²) >= 11 is 0. The maximum atomic E-state index is 12.8. The number of anilines is 2. The number of alkyl halides is 3. The zero-order chi connectivity index (χ0) is 23.7. The summed E-state index contributed by atoms with van der Waals surface area (Å²) in [4.78, 5) is 26.0. The van der Waals surface area contributed by atoms with Gasteiger partial charge in [0.2, 0.25) is 5.82 Å². The minimum atomic E-state index is -4.66. The number of pyridine rings is 1. The van der Waals surface area contributed by atoms with Crippen LogP contribution >= 0.6 is 0 Å². The number of aromatic nitrogens is 5. The Labute approximate surface area is 192 Å². The number of hydrogen-bond acceptors (Lipinski definition) is 6. The highest BCUT2D eigenvalue weighted by atomic mass is 19.4. The lowest BCUT2D eigenvalue weighted by atomic mass is 10.0. The quantitative estimate of drug-likeness (QED) is 0.452. The summed E-state index contributed by atoms with van der Waals surface area (Å²) in [6, 6.07) is 7.67. The Bertz CT molecular complexity index is 1330. The zero-order valence-corrected chi connectivity index (χ0v) is 17.9. The van der Waals surface area contributed by atoms with E-state index >= 15 is 0 Å². The third-order valence-electron chi connectivity index (χ3n) is 5.72. The number of aromatic amines is 1. The summed E-state index contributed by atoms with van der Waals surface area (Å²) in [5, 5.41) is 9.97. The van der Waals surface area contributed by atoms with Gasteiger partial charge in [0.25, 0.3) is 5.91 Å². The Morgan fingerprint density at radius 1 is 0.971 bits per heavy atom. The van der Waals surface area contributed by atoms with Crippen molar-refractivity contribution in [3.63, 3.8) is 0 Å². The van der Waals surface area contributed by atoms with E-state index in [1.165, 1.54) is 6.42 Å². The van der Waals surface area contributed by atoms with Gasteiger partial charge in [0.1, 0.15) is 0 Å². The number of halogens is 3. The van der Waals surface area contributed by atoms with Gasteiger partial charge in [-0.15, -0.1) is 0 Å². The monoisotopic (exact) mass is 467 g/mol. The molecule has 11 heteroatoms. The second-order valence-corrected chi connectivity index (χ2v) is 8.06. The van der Waals surface area contributed by atoms with Gasteiger partial charge in [0.15, 0.2) is 5.69 Å². The molecule has 5 rings (SSSR count). The highest BCUT2D eigenvalue weighted by Gasteiger charge is 2.34. The molecule has 1 fully saturated rings. The lowest BCUT2D eigenvalue weighted by Crippen LogP contribution is -2.29. The lowest BCUT2D eigenvalue weighted by Gasteiger charge is -2.28. The molecule has 3 aromatic heterocycles. The van der Waals surface area contributed by atoms with Crippen molar-refractivity contribution in [3.05, 3.63) is 60.6 Å². The van der Waals surface area contributed by atoms with Crippen molar-refractivity contribution in [2.24, 2.45) is 0 Å². The van der Waals surface area contributed by atoms with Gasteiger partial charge in [-0.1, -0.05) is 6.07 Å². The van der Waals surface area contributed by atoms with Crippen LogP contribution in [-0.2, 0) is 6.18 Å². The van der Waals surface area contributed by atoms with E-state index in [4.69, 9.17) is 0 Å². The molecule has 1 aliphatic rings. The number of piperidine rings is 1. The number of rotatable bonds is 4. The Morgan fingerprint density at radius 3 is 2.47 bits per heavy atom. The van der Waals surface area contributed by atoms with Gasteiger partial charge < -0.3 is 10.2 Å². The van der Waals surface area contributed by atoms with Crippen LogP contribution < -0.4 is 10.2 Å². The van der Waals surface area contributed by atoms with Crippen LogP contribution in [-0.4, -0.2) is 44.1 Å². The third-order valence-corrected chi connectivity index (χ3v) is 5.72. The molecule has 0 bridgehead atoms. The van der Waals surface area contributed by atoms with Crippen LogP contribution in [0.4, 0.5) is 24.5 Å². The molecule has 1 aliphatic heterocycles. The van der Waals surface area contributed by atoms with Crippen molar-refractivity contribution >= 4 is 28.2 Å². The molecule has 0 atom stereocenters. The van der Waals surface area contributed by atoms with Gasteiger partial charge in [-0.05, 0) is 43.0 Å². The number of fused-ring (bicyclic) bond motifs is 1. The Balaban J connectivity index is 1.40. The number of nitrogens with zero attached hydrogens (tertiary/aromatic N) is 5. The molecule has 0 saturated carbocycles. The Hall–Kier alpha value is -4.02. The van der Waals surface area contributed by atoms with Crippen LogP contribution in [0, 0.1) is 0 Å². The molecule has 8 nitrogen and oxygen atoms in total. The first kappa shape index (κ1) is 21.8. The van der Waals surface area contributed by atoms with E-state index in [0.29, 0.717) is 10.9 Å². The van der Waals surface area contributed by atoms with Crippen LogP contribution in [0.25, 0.3) is 22.0 Å². The Kier molecular flexibility index (Phi) is 5.60. The molecule has 0 unspecified atom stereocenters. The average Bonchev–Trinajstić information content (AvgIpc) is 3.28. The second kappa shape index (κ2) is 8.73. The third kappa shape index (κ3) is 4.41. The Morgan fingerprint density at radius 2 is 1.74 bits per heavy atom. The molecular weight excluding hydrogens is 447 g/mol. The number of carbonyl (C=O) groups excluding carboxylic acids is 1. The number of hydrogen-bond donors (Lipinski definition) is 2. The molecule has 0 aliphatic carbocycles. The largest absolute Gasteiger partial charge is 0.451 e. The lowest BCUT2D eigenvalue weighted by molar-refractivity contribution is -0.144. The van der Waals surface area contributed by atoms with E-state index in [1.807, 2.05) is 24.4 Å². The fourth-order valence-electron chi connectivity index (χ4n) is 4.01. The molecule has 1 saturated heterocycles. The number of nitrogens with one attached hydrogen (secondary N) is 2. The predicted molar refractivity (Wildman–Crippen MR) is 120 cm³/mol. The van der Waals surface area contributed by atoms with Gasteiger partial charge in [-0.25, -0.2) is 9.97 Å². The predicted octanol–water partition coefficient (Wildman–Crippen LogP) is 4.68. The molecule has 4 aromatic rings. The van der Waals surface area contributed by atoms with Crippen molar-refractivity contribution in [1.29, 1.82) is 0 Å². The number of carbonyl (C=O) groups is 1. The number of H-pyrrole nitrogens is 1. The molecule has 2 N–H and O–H groups in total. The van der Waals surface area contributed by atoms with Crippen LogP contribution in [0.3, 0.4) is 0 Å². The summed E-state index contributed by atoms with van der Waals surface area (Å²) in [6.07, 6.45) is 4.35. The van der Waals surface area contributed by atoms with Crippen molar-refractivity contribution in [2.45, 2.75) is 25.4 Å². The standard InChI is InChI=1S/C23H20F3N7O/c24-23(25,26)22-28-11-16(12-29-22)30-21(34)20-18-9-14(4-5-19(18)31-32-20)15-8-17(13-27-10-15)33-6-2-1-3-7-33/h4-5,8-13H,1-3,6-7H2,(H,30,34)(H,31,32). The van der Waals surface area contributed by atoms with Crippen molar-refractivity contribution in [2.75, 3.05) is 23.3 Å². The topological polar surface area (TPSA) is 99.7 Å². The highest BCUT2D eigenvalue weighted by Crippen LogP contribution is 2.29. The SMILES string of the molecule is O=C(Nc1cnc(C(F)(F)F)nc1)c1n[nH]c2ccc(-c3cncc(N4CCCCC4)c3)cc12. The molecule has 4 heterocycles. The zero-order valence-electron chi connectivity index (χ0n) is 17.9. The van der Waals surface area contributed by atoms with Gasteiger partial charge >= 0.3 is 6.18 Å². The fourth-order valence-corrected chi connectivity index (χ4v) is 4.01. The summed E-state index contributed by atoms with van der Waals surface area (Å²) in [5.74, 6) is -1.87. The molecule has 174 valence electrons. The first-order valence-corrected chi connectivity index (χ1v) is 10.8.